The highest BCUT2D eigenvalue weighted by Crippen LogP contribution is 2.09. The quantitative estimate of drug-likeness (QED) is 0.628. The second-order valence-corrected chi connectivity index (χ2v) is 3.42. The Bertz CT molecular complexity index is 111. The highest BCUT2D eigenvalue weighted by atomic mass is 16.5. The summed E-state index contributed by atoms with van der Waals surface area (Å²) in [6.45, 7) is 4.05. The first-order valence-corrected chi connectivity index (χ1v) is 4.72. The summed E-state index contributed by atoms with van der Waals surface area (Å²) in [6, 6.07) is 0. The summed E-state index contributed by atoms with van der Waals surface area (Å²) in [6.07, 6.45) is 2.93. The Hall–Kier alpha value is -0.120. The van der Waals surface area contributed by atoms with Crippen LogP contribution in [0, 0.1) is 0 Å². The molecule has 0 aromatic heterocycles. The van der Waals surface area contributed by atoms with E-state index in [9.17, 15) is 5.11 Å². The fourth-order valence-electron chi connectivity index (χ4n) is 1.58. The Morgan fingerprint density at radius 2 is 2.08 bits per heavy atom. The van der Waals surface area contributed by atoms with E-state index < -0.39 is 0 Å². The molecule has 3 heteroatoms. The van der Waals surface area contributed by atoms with Crippen LogP contribution >= 0.6 is 0 Å². The van der Waals surface area contributed by atoms with Crippen molar-refractivity contribution in [3.05, 3.63) is 0 Å². The van der Waals surface area contributed by atoms with E-state index in [1.54, 1.807) is 7.11 Å². The van der Waals surface area contributed by atoms with Crippen molar-refractivity contribution in [3.8, 4) is 0 Å². The van der Waals surface area contributed by atoms with Crippen LogP contribution in [0.5, 0.6) is 0 Å². The maximum atomic E-state index is 9.25. The monoisotopic (exact) mass is 173 g/mol. The molecule has 0 bridgehead atoms. The molecule has 1 rings (SSSR count). The van der Waals surface area contributed by atoms with Gasteiger partial charge in [-0.2, -0.15) is 0 Å². The van der Waals surface area contributed by atoms with Crippen molar-refractivity contribution in [2.45, 2.75) is 25.4 Å². The predicted octanol–water partition coefficient (Wildman–Crippen LogP) is 0.480. The van der Waals surface area contributed by atoms with Crippen molar-refractivity contribution in [2.75, 3.05) is 33.4 Å². The molecule has 1 N–H and O–H groups in total. The number of piperidine rings is 1. The van der Waals surface area contributed by atoms with Gasteiger partial charge in [0.2, 0.25) is 0 Å². The summed E-state index contributed by atoms with van der Waals surface area (Å²) in [4.78, 5) is 2.39. The van der Waals surface area contributed by atoms with Gasteiger partial charge in [0.25, 0.3) is 0 Å². The van der Waals surface area contributed by atoms with Crippen LogP contribution in [-0.2, 0) is 4.74 Å². The lowest BCUT2D eigenvalue weighted by molar-refractivity contribution is 0.0771. The van der Waals surface area contributed by atoms with Crippen LogP contribution in [0.15, 0.2) is 0 Å². The summed E-state index contributed by atoms with van der Waals surface area (Å²) < 4.78 is 4.98. The van der Waals surface area contributed by atoms with Gasteiger partial charge in [0.1, 0.15) is 0 Å². The van der Waals surface area contributed by atoms with Crippen LogP contribution in [0.2, 0.25) is 0 Å². The number of aliphatic hydroxyl groups is 1. The standard InChI is InChI=1S/C9H19NO2/c1-12-8-2-5-10-6-3-9(11)4-7-10/h9,11H,2-8H2,1H3. The van der Waals surface area contributed by atoms with Gasteiger partial charge in [-0.3, -0.25) is 0 Å². The topological polar surface area (TPSA) is 32.7 Å². The Labute approximate surface area is 74.3 Å². The first-order valence-electron chi connectivity index (χ1n) is 4.72. The number of aliphatic hydroxyl groups excluding tert-OH is 1. The van der Waals surface area contributed by atoms with E-state index in [2.05, 4.69) is 4.90 Å². The van der Waals surface area contributed by atoms with Gasteiger partial charge in [0.05, 0.1) is 6.10 Å². The lowest BCUT2D eigenvalue weighted by Gasteiger charge is -2.29. The van der Waals surface area contributed by atoms with E-state index in [1.165, 1.54) is 0 Å². The molecule has 0 saturated carbocycles. The SMILES string of the molecule is COCCCN1CCC(O)CC1. The van der Waals surface area contributed by atoms with Gasteiger partial charge in [-0.15, -0.1) is 0 Å². The minimum atomic E-state index is -0.0522. The number of rotatable bonds is 4. The molecule has 1 saturated heterocycles. The van der Waals surface area contributed by atoms with E-state index >= 15 is 0 Å². The molecule has 1 aliphatic heterocycles. The van der Waals surface area contributed by atoms with E-state index in [4.69, 9.17) is 4.74 Å². The van der Waals surface area contributed by atoms with Crippen molar-refractivity contribution in [1.82, 2.24) is 4.90 Å². The van der Waals surface area contributed by atoms with Crippen LogP contribution < -0.4 is 0 Å². The largest absolute Gasteiger partial charge is 0.393 e. The predicted molar refractivity (Wildman–Crippen MR) is 48.2 cm³/mol. The van der Waals surface area contributed by atoms with Gasteiger partial charge in [-0.05, 0) is 19.3 Å². The second kappa shape index (κ2) is 5.51. The molecule has 1 fully saturated rings. The van der Waals surface area contributed by atoms with Gasteiger partial charge in [0.15, 0.2) is 0 Å². The minimum Gasteiger partial charge on any atom is -0.393 e. The third-order valence-corrected chi connectivity index (χ3v) is 2.38. The average Bonchev–Trinajstić information content (AvgIpc) is 2.09. The number of ether oxygens (including phenoxy) is 1. The van der Waals surface area contributed by atoms with Crippen molar-refractivity contribution >= 4 is 0 Å². The molecule has 0 unspecified atom stereocenters. The van der Waals surface area contributed by atoms with Gasteiger partial charge >= 0.3 is 0 Å². The molecule has 1 heterocycles. The molecular formula is C9H19NO2. The smallest absolute Gasteiger partial charge is 0.0564 e. The second-order valence-electron chi connectivity index (χ2n) is 3.42. The summed E-state index contributed by atoms with van der Waals surface area (Å²) in [5.74, 6) is 0. The van der Waals surface area contributed by atoms with Crippen LogP contribution in [0.1, 0.15) is 19.3 Å². The van der Waals surface area contributed by atoms with Crippen LogP contribution in [0.25, 0.3) is 0 Å². The maximum absolute atomic E-state index is 9.25. The van der Waals surface area contributed by atoms with E-state index in [1.807, 2.05) is 0 Å². The molecule has 0 aliphatic carbocycles. The lowest BCUT2D eigenvalue weighted by atomic mass is 10.1. The molecule has 0 atom stereocenters. The zero-order valence-electron chi connectivity index (χ0n) is 7.83. The molecule has 0 aromatic carbocycles. The molecule has 72 valence electrons. The normalized spacial score (nSPS) is 21.5. The number of hydrogen-bond donors (Lipinski definition) is 1. The van der Waals surface area contributed by atoms with E-state index in [-0.39, 0.29) is 6.10 Å². The molecule has 0 radical (unpaired) electrons. The molecule has 1 aliphatic rings. The van der Waals surface area contributed by atoms with E-state index in [0.29, 0.717) is 0 Å². The van der Waals surface area contributed by atoms with Gasteiger partial charge in [0, 0.05) is 33.4 Å². The molecule has 0 spiro atoms. The van der Waals surface area contributed by atoms with Crippen molar-refractivity contribution in [3.63, 3.8) is 0 Å². The fourth-order valence-corrected chi connectivity index (χ4v) is 1.58. The van der Waals surface area contributed by atoms with Crippen molar-refractivity contribution in [2.24, 2.45) is 0 Å². The van der Waals surface area contributed by atoms with Crippen LogP contribution in [0.3, 0.4) is 0 Å². The number of hydrogen-bond acceptors (Lipinski definition) is 3. The number of nitrogens with zero attached hydrogens (tertiary/aromatic N) is 1. The average molecular weight is 173 g/mol. The molecular weight excluding hydrogens is 154 g/mol. The lowest BCUT2D eigenvalue weighted by Crippen LogP contribution is -2.36. The van der Waals surface area contributed by atoms with Crippen molar-refractivity contribution < 1.29 is 9.84 Å². The highest BCUT2D eigenvalue weighted by Gasteiger charge is 2.15. The Kier molecular flexibility index (Phi) is 4.58. The molecule has 0 amide bonds. The van der Waals surface area contributed by atoms with Crippen LogP contribution in [0.4, 0.5) is 0 Å². The van der Waals surface area contributed by atoms with E-state index in [0.717, 1.165) is 45.5 Å². The summed E-state index contributed by atoms with van der Waals surface area (Å²) in [7, 11) is 1.74. The maximum Gasteiger partial charge on any atom is 0.0564 e. The number of methoxy groups -OCH3 is 1. The first kappa shape index (κ1) is 9.96. The van der Waals surface area contributed by atoms with Gasteiger partial charge < -0.3 is 14.7 Å². The minimum absolute atomic E-state index is 0.0522. The first-order chi connectivity index (χ1) is 5.83. The van der Waals surface area contributed by atoms with Gasteiger partial charge in [-0.25, -0.2) is 0 Å². The fraction of sp³-hybridized carbons (Fsp3) is 1.00. The van der Waals surface area contributed by atoms with Gasteiger partial charge in [-0.1, -0.05) is 0 Å². The number of likely N-dealkylation sites (tertiary alicyclic amines) is 1. The zero-order valence-corrected chi connectivity index (χ0v) is 7.83. The highest BCUT2D eigenvalue weighted by molar-refractivity contribution is 4.70. The third-order valence-electron chi connectivity index (χ3n) is 2.38. The molecule has 0 aromatic rings. The summed E-state index contributed by atoms with van der Waals surface area (Å²) in [5.41, 5.74) is 0. The molecule has 12 heavy (non-hydrogen) atoms. The Morgan fingerprint density at radius 3 is 2.67 bits per heavy atom. The van der Waals surface area contributed by atoms with Crippen molar-refractivity contribution in [1.29, 1.82) is 0 Å². The Balaban J connectivity index is 2.01. The summed E-state index contributed by atoms with van der Waals surface area (Å²) >= 11 is 0. The third kappa shape index (κ3) is 3.52. The Morgan fingerprint density at radius 1 is 1.42 bits per heavy atom. The zero-order chi connectivity index (χ0) is 8.81. The van der Waals surface area contributed by atoms with Crippen LogP contribution in [-0.4, -0.2) is 49.5 Å². The molecule has 3 nitrogen and oxygen atoms in total. The summed E-state index contributed by atoms with van der Waals surface area (Å²) in [5, 5.41) is 9.25.